The Morgan fingerprint density at radius 2 is 1.96 bits per heavy atom. The number of carbonyl (C=O) groups is 3. The molecule has 3 rings (SSSR count). The van der Waals surface area contributed by atoms with E-state index in [-0.39, 0.29) is 18.1 Å². The number of carboxylic acid groups (broad SMARTS) is 1. The molecule has 2 aliphatic heterocycles. The van der Waals surface area contributed by atoms with E-state index in [2.05, 4.69) is 10.00 Å². The van der Waals surface area contributed by atoms with Crippen LogP contribution in [0, 0.1) is 5.92 Å². The van der Waals surface area contributed by atoms with E-state index < -0.39 is 18.0 Å². The first kappa shape index (κ1) is 20.8. The third-order valence-electron chi connectivity index (χ3n) is 5.03. The number of ether oxygens (including phenoxy) is 1. The molecular formula is C17H26N4O6. The SMILES string of the molecule is COC(=O)c1nn(C)c2c1CN(C(=O)[C@@H]1CN(C)CC[C@@H]1O)CC2.O=CO. The van der Waals surface area contributed by atoms with E-state index in [9.17, 15) is 14.7 Å². The number of fused-ring (bicyclic) bond motifs is 1. The van der Waals surface area contributed by atoms with Crippen LogP contribution in [0.3, 0.4) is 0 Å². The van der Waals surface area contributed by atoms with Gasteiger partial charge in [0.1, 0.15) is 0 Å². The van der Waals surface area contributed by atoms with Crippen LogP contribution in [-0.2, 0) is 34.3 Å². The minimum atomic E-state index is -0.607. The number of aromatic nitrogens is 2. The number of hydrogen-bond donors (Lipinski definition) is 2. The highest BCUT2D eigenvalue weighted by Gasteiger charge is 2.37. The normalized spacial score (nSPS) is 22.3. The van der Waals surface area contributed by atoms with Gasteiger partial charge in [-0.25, -0.2) is 4.79 Å². The molecular weight excluding hydrogens is 356 g/mol. The van der Waals surface area contributed by atoms with Crippen molar-refractivity contribution >= 4 is 18.3 Å². The van der Waals surface area contributed by atoms with Gasteiger partial charge in [0.05, 0.1) is 19.1 Å². The van der Waals surface area contributed by atoms with Crippen LogP contribution in [0.5, 0.6) is 0 Å². The second-order valence-electron chi connectivity index (χ2n) is 6.73. The third-order valence-corrected chi connectivity index (χ3v) is 5.03. The Balaban J connectivity index is 0.000000817. The molecule has 2 aliphatic rings. The van der Waals surface area contributed by atoms with Crippen molar-refractivity contribution in [3.05, 3.63) is 17.0 Å². The molecule has 1 saturated heterocycles. The Kier molecular flexibility index (Phi) is 6.92. The van der Waals surface area contributed by atoms with E-state index in [4.69, 9.17) is 14.6 Å². The summed E-state index contributed by atoms with van der Waals surface area (Å²) in [7, 11) is 5.07. The van der Waals surface area contributed by atoms with E-state index in [1.54, 1.807) is 16.6 Å². The zero-order chi connectivity index (χ0) is 20.1. The standard InChI is InChI=1S/C16H24N4O4.CH2O2/c1-18-6-5-13(21)11(8-18)15(22)20-7-4-12-10(9-20)14(16(23)24-3)17-19(12)2;2-1-3/h11,13,21H,4-9H2,1-3H3;1H,(H,2,3)/t11-,13+;/m1./s1. The number of esters is 1. The summed E-state index contributed by atoms with van der Waals surface area (Å²) < 4.78 is 6.48. The summed E-state index contributed by atoms with van der Waals surface area (Å²) >= 11 is 0. The highest BCUT2D eigenvalue weighted by molar-refractivity contribution is 5.89. The first-order chi connectivity index (χ1) is 12.8. The molecule has 0 unspecified atom stereocenters. The number of piperidine rings is 1. The number of carbonyl (C=O) groups excluding carboxylic acids is 2. The zero-order valence-electron chi connectivity index (χ0n) is 15.8. The van der Waals surface area contributed by atoms with Crippen LogP contribution >= 0.6 is 0 Å². The van der Waals surface area contributed by atoms with E-state index in [1.807, 2.05) is 7.05 Å². The lowest BCUT2D eigenvalue weighted by atomic mass is 9.92. The number of nitrogens with zero attached hydrogens (tertiary/aromatic N) is 4. The van der Waals surface area contributed by atoms with E-state index in [1.165, 1.54) is 7.11 Å². The molecule has 0 radical (unpaired) electrons. The van der Waals surface area contributed by atoms with Crippen molar-refractivity contribution in [3.8, 4) is 0 Å². The van der Waals surface area contributed by atoms with Gasteiger partial charge in [0.25, 0.3) is 6.47 Å². The number of aliphatic hydroxyl groups is 1. The van der Waals surface area contributed by atoms with Gasteiger partial charge in [0.15, 0.2) is 5.69 Å². The maximum absolute atomic E-state index is 12.9. The smallest absolute Gasteiger partial charge is 0.358 e. The van der Waals surface area contributed by atoms with Crippen LogP contribution in [0.1, 0.15) is 28.2 Å². The first-order valence-electron chi connectivity index (χ1n) is 8.70. The molecule has 1 aromatic rings. The summed E-state index contributed by atoms with van der Waals surface area (Å²) in [6, 6.07) is 0. The fourth-order valence-electron chi connectivity index (χ4n) is 3.62. The van der Waals surface area contributed by atoms with Gasteiger partial charge in [0.2, 0.25) is 5.91 Å². The molecule has 150 valence electrons. The largest absolute Gasteiger partial charge is 0.483 e. The Labute approximate surface area is 157 Å². The molecule has 10 nitrogen and oxygen atoms in total. The van der Waals surface area contributed by atoms with Gasteiger partial charge < -0.3 is 24.7 Å². The Morgan fingerprint density at radius 1 is 1.30 bits per heavy atom. The molecule has 1 fully saturated rings. The Hall–Kier alpha value is -2.46. The van der Waals surface area contributed by atoms with Gasteiger partial charge >= 0.3 is 5.97 Å². The summed E-state index contributed by atoms with van der Waals surface area (Å²) in [6.45, 7) is 2.00. The van der Waals surface area contributed by atoms with Crippen LogP contribution in [0.4, 0.5) is 0 Å². The van der Waals surface area contributed by atoms with Crippen LogP contribution in [0.2, 0.25) is 0 Å². The quantitative estimate of drug-likeness (QED) is 0.498. The number of hydrogen-bond acceptors (Lipinski definition) is 7. The zero-order valence-corrected chi connectivity index (χ0v) is 15.8. The van der Waals surface area contributed by atoms with Gasteiger partial charge in [-0.15, -0.1) is 0 Å². The van der Waals surface area contributed by atoms with Crippen LogP contribution in [-0.4, -0.2) is 88.0 Å². The second-order valence-corrected chi connectivity index (χ2v) is 6.73. The van der Waals surface area contributed by atoms with Crippen molar-refractivity contribution in [2.75, 3.05) is 33.8 Å². The van der Waals surface area contributed by atoms with Gasteiger partial charge in [-0.1, -0.05) is 0 Å². The van der Waals surface area contributed by atoms with Crippen LogP contribution in [0.15, 0.2) is 0 Å². The predicted octanol–water partition coefficient (Wildman–Crippen LogP) is -0.895. The molecule has 0 spiro atoms. The van der Waals surface area contributed by atoms with Crippen molar-refractivity contribution in [3.63, 3.8) is 0 Å². The summed E-state index contributed by atoms with van der Waals surface area (Å²) in [5.74, 6) is -0.957. The summed E-state index contributed by atoms with van der Waals surface area (Å²) in [6.07, 6.45) is 0.635. The summed E-state index contributed by atoms with van der Waals surface area (Å²) in [5, 5.41) is 21.3. The number of likely N-dealkylation sites (tertiary alicyclic amines) is 1. The van der Waals surface area contributed by atoms with E-state index in [0.29, 0.717) is 32.5 Å². The fourth-order valence-corrected chi connectivity index (χ4v) is 3.62. The Morgan fingerprint density at radius 3 is 2.59 bits per heavy atom. The maximum atomic E-state index is 12.9. The average Bonchev–Trinajstić information content (AvgIpc) is 2.99. The molecule has 2 atom stereocenters. The fraction of sp³-hybridized carbons (Fsp3) is 0.647. The lowest BCUT2D eigenvalue weighted by Gasteiger charge is -2.37. The lowest BCUT2D eigenvalue weighted by Crippen LogP contribution is -2.51. The summed E-state index contributed by atoms with van der Waals surface area (Å²) in [5.41, 5.74) is 1.98. The van der Waals surface area contributed by atoms with E-state index in [0.717, 1.165) is 17.8 Å². The minimum Gasteiger partial charge on any atom is -0.483 e. The van der Waals surface area contributed by atoms with E-state index >= 15 is 0 Å². The maximum Gasteiger partial charge on any atom is 0.358 e. The molecule has 2 N–H and O–H groups in total. The number of aryl methyl sites for hydroxylation is 1. The van der Waals surface area contributed by atoms with Gasteiger partial charge in [-0.3, -0.25) is 14.3 Å². The highest BCUT2D eigenvalue weighted by Crippen LogP contribution is 2.26. The molecule has 0 aromatic carbocycles. The van der Waals surface area contributed by atoms with Crippen molar-refractivity contribution in [1.82, 2.24) is 19.6 Å². The molecule has 0 bridgehead atoms. The molecule has 1 aromatic heterocycles. The summed E-state index contributed by atoms with van der Waals surface area (Å²) in [4.78, 5) is 36.9. The number of rotatable bonds is 2. The Bertz CT molecular complexity index is 704. The van der Waals surface area contributed by atoms with Crippen molar-refractivity contribution in [2.24, 2.45) is 13.0 Å². The molecule has 0 aliphatic carbocycles. The van der Waals surface area contributed by atoms with Gasteiger partial charge in [0, 0.05) is 50.9 Å². The topological polar surface area (TPSA) is 125 Å². The predicted molar refractivity (Wildman–Crippen MR) is 94.0 cm³/mol. The molecule has 1 amide bonds. The van der Waals surface area contributed by atoms with Gasteiger partial charge in [-0.05, 0) is 13.5 Å². The monoisotopic (exact) mass is 382 g/mol. The second kappa shape index (κ2) is 8.96. The minimum absolute atomic E-state index is 0.0561. The van der Waals surface area contributed by atoms with Crippen molar-refractivity contribution in [2.45, 2.75) is 25.5 Å². The molecule has 3 heterocycles. The van der Waals surface area contributed by atoms with Crippen molar-refractivity contribution < 1.29 is 29.3 Å². The molecule has 27 heavy (non-hydrogen) atoms. The molecule has 10 heteroatoms. The number of aliphatic hydroxyl groups excluding tert-OH is 1. The van der Waals surface area contributed by atoms with Crippen LogP contribution < -0.4 is 0 Å². The average molecular weight is 382 g/mol. The van der Waals surface area contributed by atoms with Crippen molar-refractivity contribution in [1.29, 1.82) is 0 Å². The van der Waals surface area contributed by atoms with Gasteiger partial charge in [-0.2, -0.15) is 5.10 Å². The van der Waals surface area contributed by atoms with Crippen LogP contribution in [0.25, 0.3) is 0 Å². The number of methoxy groups -OCH3 is 1. The first-order valence-corrected chi connectivity index (χ1v) is 8.70. The third kappa shape index (κ3) is 4.45. The number of amides is 1. The molecule has 0 saturated carbocycles. The lowest BCUT2D eigenvalue weighted by molar-refractivity contribution is -0.143. The highest BCUT2D eigenvalue weighted by atomic mass is 16.5.